The molecule has 6 N–H and O–H groups in total. The van der Waals surface area contributed by atoms with Crippen LogP contribution in [0.1, 0.15) is 108 Å². The van der Waals surface area contributed by atoms with Crippen molar-refractivity contribution in [3.8, 4) is 6.07 Å². The second-order valence-electron chi connectivity index (χ2n) is 17.1. The molecule has 0 saturated carbocycles. The van der Waals surface area contributed by atoms with Crippen LogP contribution >= 0.6 is 0 Å². The van der Waals surface area contributed by atoms with Gasteiger partial charge >= 0.3 is 5.97 Å². The molecule has 308 valence electrons. The Bertz CT molecular complexity index is 1230. The minimum Gasteiger partial charge on any atom is -0.459 e. The summed E-state index contributed by atoms with van der Waals surface area (Å²) in [5.41, 5.74) is -6.20. The molecule has 3 rings (SSSR count). The third-order valence-corrected chi connectivity index (χ3v) is 12.7. The third kappa shape index (κ3) is 9.92. The van der Waals surface area contributed by atoms with Gasteiger partial charge in [0.1, 0.15) is 29.0 Å². The summed E-state index contributed by atoms with van der Waals surface area (Å²) in [6, 6.07) is 1.56. The zero-order valence-corrected chi connectivity index (χ0v) is 34.4. The van der Waals surface area contributed by atoms with Gasteiger partial charge in [-0.25, -0.2) is 0 Å². The van der Waals surface area contributed by atoms with E-state index in [0.29, 0.717) is 6.54 Å². The Morgan fingerprint density at radius 2 is 1.64 bits per heavy atom. The zero-order chi connectivity index (χ0) is 40.3. The summed E-state index contributed by atoms with van der Waals surface area (Å²) in [7, 11) is 3.36. The van der Waals surface area contributed by atoms with Crippen LogP contribution < -0.4 is 10.6 Å². The van der Waals surface area contributed by atoms with Crippen LogP contribution in [0.25, 0.3) is 0 Å². The smallest absolute Gasteiger partial charge is 0.311 e. The topological polar surface area (TPSA) is 201 Å². The first-order valence-corrected chi connectivity index (χ1v) is 19.5. The van der Waals surface area contributed by atoms with Crippen LogP contribution in [-0.2, 0) is 33.2 Å². The number of carbonyl (C=O) groups is 1. The van der Waals surface area contributed by atoms with E-state index in [0.717, 1.165) is 6.42 Å². The van der Waals surface area contributed by atoms with Gasteiger partial charge in [-0.05, 0) is 87.2 Å². The van der Waals surface area contributed by atoms with Crippen molar-refractivity contribution in [1.29, 1.82) is 5.26 Å². The highest BCUT2D eigenvalue weighted by Crippen LogP contribution is 2.44. The molecule has 18 atom stereocenters. The number of rotatable bonds is 8. The molecule has 53 heavy (non-hydrogen) atoms. The van der Waals surface area contributed by atoms with Gasteiger partial charge in [0.05, 0.1) is 48.4 Å². The van der Waals surface area contributed by atoms with Gasteiger partial charge in [-0.15, -0.1) is 0 Å². The van der Waals surface area contributed by atoms with Crippen molar-refractivity contribution in [2.24, 2.45) is 23.7 Å². The fraction of sp³-hybridized carbons (Fsp3) is 0.949. The molecule has 0 aromatic rings. The minimum atomic E-state index is -1.80. The van der Waals surface area contributed by atoms with Crippen LogP contribution in [0, 0.1) is 35.0 Å². The fourth-order valence-electron chi connectivity index (χ4n) is 8.92. The highest BCUT2D eigenvalue weighted by Gasteiger charge is 2.58. The third-order valence-electron chi connectivity index (χ3n) is 12.7. The van der Waals surface area contributed by atoms with E-state index >= 15 is 0 Å². The van der Waals surface area contributed by atoms with E-state index in [1.807, 2.05) is 40.8 Å². The number of ether oxygens (including phenoxy) is 6. The largest absolute Gasteiger partial charge is 0.459 e. The highest BCUT2D eigenvalue weighted by atomic mass is 16.7. The van der Waals surface area contributed by atoms with Gasteiger partial charge in [0.25, 0.3) is 0 Å². The lowest BCUT2D eigenvalue weighted by Crippen LogP contribution is -2.66. The van der Waals surface area contributed by atoms with E-state index in [-0.39, 0.29) is 49.7 Å². The van der Waals surface area contributed by atoms with Crippen molar-refractivity contribution < 1.29 is 53.6 Å². The number of hydrogen-bond donors (Lipinski definition) is 6. The molecule has 0 amide bonds. The van der Waals surface area contributed by atoms with Gasteiger partial charge < -0.3 is 59.5 Å². The first kappa shape index (κ1) is 45.9. The number of nitriles is 1. The molecule has 0 bridgehead atoms. The van der Waals surface area contributed by atoms with Crippen molar-refractivity contribution in [3.63, 3.8) is 0 Å². The van der Waals surface area contributed by atoms with Crippen molar-refractivity contribution >= 4 is 5.97 Å². The lowest BCUT2D eigenvalue weighted by atomic mass is 9.73. The lowest BCUT2D eigenvalue weighted by Gasteiger charge is -2.53. The van der Waals surface area contributed by atoms with E-state index in [2.05, 4.69) is 10.6 Å². The Kier molecular flexibility index (Phi) is 15.8. The molecule has 3 aliphatic heterocycles. The molecule has 0 aromatic carbocycles. The van der Waals surface area contributed by atoms with Crippen LogP contribution in [0.15, 0.2) is 0 Å². The molecule has 14 heteroatoms. The first-order valence-electron chi connectivity index (χ1n) is 19.5. The number of aliphatic hydroxyl groups is 4. The molecule has 0 aliphatic carbocycles. The number of hydrogen-bond acceptors (Lipinski definition) is 14. The Balaban J connectivity index is 2.17. The van der Waals surface area contributed by atoms with Crippen molar-refractivity contribution in [1.82, 2.24) is 10.6 Å². The van der Waals surface area contributed by atoms with Gasteiger partial charge in [-0.1, -0.05) is 27.7 Å². The van der Waals surface area contributed by atoms with E-state index in [1.54, 1.807) is 41.5 Å². The van der Waals surface area contributed by atoms with Gasteiger partial charge in [0.15, 0.2) is 12.6 Å². The maximum absolute atomic E-state index is 14.2. The van der Waals surface area contributed by atoms with Crippen LogP contribution in [0.2, 0.25) is 0 Å². The number of nitrogens with one attached hydrogen (secondary N) is 2. The number of methoxy groups -OCH3 is 1. The molecule has 3 fully saturated rings. The SMILES string of the molecule is CC[C@H]1OC(=O)[C@H](C)[C@@H](O[C@H]2C[C@@](C)(OC)[C@](O)(CC#N)[C@H](C)O2)[C@H](C)[C@@H](O[C@@H]2O[C@H](C)C[C@H](NC)[C@H]2C)[C@](C)(O)C[C@@H](C)CN[C@H](C)[C@@H](O)[C@]1(C)O. The summed E-state index contributed by atoms with van der Waals surface area (Å²) in [5, 5.41) is 63.3. The summed E-state index contributed by atoms with van der Waals surface area (Å²) in [4.78, 5) is 14.2. The monoisotopic (exact) mass is 758 g/mol. The van der Waals surface area contributed by atoms with Gasteiger partial charge in [-0.2, -0.15) is 5.26 Å². The Morgan fingerprint density at radius 1 is 1.00 bits per heavy atom. The molecular weight excluding hydrogens is 686 g/mol. The summed E-state index contributed by atoms with van der Waals surface area (Å²) < 4.78 is 38.1. The molecule has 0 radical (unpaired) electrons. The quantitative estimate of drug-likeness (QED) is 0.198. The van der Waals surface area contributed by atoms with Crippen LogP contribution in [0.4, 0.5) is 0 Å². The van der Waals surface area contributed by atoms with Gasteiger partial charge in [0.2, 0.25) is 0 Å². The second-order valence-corrected chi connectivity index (χ2v) is 17.1. The summed E-state index contributed by atoms with van der Waals surface area (Å²) in [6.45, 7) is 20.0. The molecule has 3 aliphatic rings. The van der Waals surface area contributed by atoms with Crippen LogP contribution in [0.5, 0.6) is 0 Å². The molecule has 0 unspecified atom stereocenters. The average molecular weight is 758 g/mol. The van der Waals surface area contributed by atoms with E-state index in [4.69, 9.17) is 28.4 Å². The fourth-order valence-corrected chi connectivity index (χ4v) is 8.92. The van der Waals surface area contributed by atoms with Crippen molar-refractivity contribution in [2.75, 3.05) is 20.7 Å². The highest BCUT2D eigenvalue weighted by molar-refractivity contribution is 5.73. The number of esters is 1. The Labute approximate surface area is 317 Å². The molecule has 0 aromatic heterocycles. The molecule has 3 saturated heterocycles. The van der Waals surface area contributed by atoms with Crippen molar-refractivity contribution in [3.05, 3.63) is 0 Å². The second kappa shape index (κ2) is 18.2. The normalized spacial score (nSPS) is 49.6. The van der Waals surface area contributed by atoms with E-state index < -0.39 is 89.4 Å². The predicted octanol–water partition coefficient (Wildman–Crippen LogP) is 2.78. The Morgan fingerprint density at radius 3 is 2.21 bits per heavy atom. The maximum atomic E-state index is 14.2. The minimum absolute atomic E-state index is 0.0160. The molecule has 0 spiro atoms. The number of cyclic esters (lactones) is 1. The standard InChI is InChI=1S/C39H71N3O11/c1-14-29-38(11,46)32(43)26(7)42-20-21(2)18-36(9,45)33(53-35-23(4)28(41-12)17-22(3)49-35)24(5)31(25(6)34(44)51-29)52-30-19-37(10,48-13)39(47,15-16-40)27(8)50-30/h21-33,35,41-43,45-47H,14-15,17-20H2,1-13H3/t21-,22-,23-,24+,25-,26-,27+,28+,29-,30+,31+,32-,33-,35+,36-,37-,38-,39+/m1/s1. The number of nitrogens with zero attached hydrogens (tertiary/aromatic N) is 1. The van der Waals surface area contributed by atoms with E-state index in [9.17, 15) is 30.5 Å². The lowest BCUT2D eigenvalue weighted by molar-refractivity contribution is -0.335. The Hall–Kier alpha value is -1.48. The summed E-state index contributed by atoms with van der Waals surface area (Å²) >= 11 is 0. The molecule has 14 nitrogen and oxygen atoms in total. The molecule has 3 heterocycles. The predicted molar refractivity (Wildman–Crippen MR) is 197 cm³/mol. The van der Waals surface area contributed by atoms with Crippen LogP contribution in [0.3, 0.4) is 0 Å². The number of aliphatic hydroxyl groups excluding tert-OH is 1. The molecular formula is C39H71N3O11. The van der Waals surface area contributed by atoms with E-state index in [1.165, 1.54) is 14.0 Å². The van der Waals surface area contributed by atoms with Gasteiger partial charge in [0, 0.05) is 37.5 Å². The van der Waals surface area contributed by atoms with Crippen molar-refractivity contribution in [2.45, 2.75) is 192 Å². The first-order chi connectivity index (χ1) is 24.5. The zero-order valence-electron chi connectivity index (χ0n) is 34.4. The maximum Gasteiger partial charge on any atom is 0.311 e. The summed E-state index contributed by atoms with van der Waals surface area (Å²) in [5.74, 6) is -2.60. The number of carbonyl (C=O) groups excluding carboxylic acids is 1. The average Bonchev–Trinajstić information content (AvgIpc) is 3.09. The van der Waals surface area contributed by atoms with Crippen LogP contribution in [-0.4, -0.2) is 131 Å². The summed E-state index contributed by atoms with van der Waals surface area (Å²) in [6.07, 6.45) is -6.00. The van der Waals surface area contributed by atoms with Gasteiger partial charge in [-0.3, -0.25) is 4.79 Å².